The van der Waals surface area contributed by atoms with Crippen LogP contribution in [0, 0.1) is 26.6 Å². The van der Waals surface area contributed by atoms with E-state index >= 15 is 0 Å². The number of Topliss-reactive ketones (excluding diaryl/α,β-unsaturated/α-hetero) is 1. The predicted octanol–water partition coefficient (Wildman–Crippen LogP) is 3.23. The van der Waals surface area contributed by atoms with E-state index in [9.17, 15) is 18.8 Å². The number of aryl methyl sites for hydroxylation is 3. The van der Waals surface area contributed by atoms with Crippen molar-refractivity contribution in [2.45, 2.75) is 26.8 Å². The van der Waals surface area contributed by atoms with Crippen molar-refractivity contribution < 1.29 is 18.8 Å². The number of nitrogens with zero attached hydrogens (tertiary/aromatic N) is 1. The van der Waals surface area contributed by atoms with Gasteiger partial charge < -0.3 is 5.32 Å². The van der Waals surface area contributed by atoms with Gasteiger partial charge in [0.05, 0.1) is 6.54 Å². The molecule has 26 heavy (non-hydrogen) atoms. The number of urea groups is 1. The summed E-state index contributed by atoms with van der Waals surface area (Å²) in [6, 6.07) is 7.49. The van der Waals surface area contributed by atoms with Gasteiger partial charge in [-0.3, -0.25) is 14.5 Å². The molecule has 1 aliphatic rings. The summed E-state index contributed by atoms with van der Waals surface area (Å²) in [7, 11) is 0. The van der Waals surface area contributed by atoms with Gasteiger partial charge in [0, 0.05) is 5.56 Å². The van der Waals surface area contributed by atoms with Gasteiger partial charge in [-0.15, -0.1) is 0 Å². The first-order chi connectivity index (χ1) is 12.3. The third-order valence-corrected chi connectivity index (χ3v) is 4.67. The van der Waals surface area contributed by atoms with E-state index in [4.69, 9.17) is 0 Å². The van der Waals surface area contributed by atoms with Crippen LogP contribution in [0.3, 0.4) is 0 Å². The number of benzene rings is 2. The zero-order chi connectivity index (χ0) is 19.0. The lowest BCUT2D eigenvalue weighted by Gasteiger charge is -2.14. The Labute approximate surface area is 150 Å². The predicted molar refractivity (Wildman–Crippen MR) is 94.4 cm³/mol. The van der Waals surface area contributed by atoms with Crippen LogP contribution < -0.4 is 5.32 Å². The first kappa shape index (κ1) is 17.8. The van der Waals surface area contributed by atoms with Gasteiger partial charge in [0.15, 0.2) is 5.78 Å². The van der Waals surface area contributed by atoms with Gasteiger partial charge in [-0.05, 0) is 61.2 Å². The van der Waals surface area contributed by atoms with Crippen molar-refractivity contribution in [1.82, 2.24) is 10.2 Å². The van der Waals surface area contributed by atoms with Gasteiger partial charge >= 0.3 is 6.03 Å². The second-order valence-corrected chi connectivity index (χ2v) is 6.53. The molecule has 0 saturated carbocycles. The molecule has 0 radical (unpaired) electrons. The fraction of sp³-hybridized carbons (Fsp3) is 0.250. The number of carbonyl (C=O) groups excluding carboxylic acids is 3. The number of halogens is 1. The summed E-state index contributed by atoms with van der Waals surface area (Å²) in [6.45, 7) is 5.36. The first-order valence-electron chi connectivity index (χ1n) is 8.26. The Morgan fingerprint density at radius 2 is 1.65 bits per heavy atom. The number of ketones is 1. The molecule has 2 aromatic rings. The highest BCUT2D eigenvalue weighted by Crippen LogP contribution is 2.23. The molecule has 1 N–H and O–H groups in total. The minimum absolute atomic E-state index is 0.297. The van der Waals surface area contributed by atoms with Crippen molar-refractivity contribution in [1.29, 1.82) is 0 Å². The molecular weight excluding hydrogens is 335 g/mol. The van der Waals surface area contributed by atoms with E-state index in [0.29, 0.717) is 11.1 Å². The van der Waals surface area contributed by atoms with Gasteiger partial charge in [0.2, 0.25) is 0 Å². The fourth-order valence-corrected chi connectivity index (χ4v) is 3.04. The van der Waals surface area contributed by atoms with Crippen molar-refractivity contribution >= 4 is 17.7 Å². The molecule has 1 atom stereocenters. The average molecular weight is 354 g/mol. The molecule has 1 saturated heterocycles. The van der Waals surface area contributed by atoms with Crippen LogP contribution in [0.2, 0.25) is 0 Å². The lowest BCUT2D eigenvalue weighted by atomic mass is 9.98. The minimum Gasteiger partial charge on any atom is -0.322 e. The lowest BCUT2D eigenvalue weighted by Crippen LogP contribution is -2.36. The summed E-state index contributed by atoms with van der Waals surface area (Å²) in [5.41, 5.74) is 3.83. The van der Waals surface area contributed by atoms with Crippen LogP contribution in [-0.4, -0.2) is 29.2 Å². The van der Waals surface area contributed by atoms with Gasteiger partial charge in [0.25, 0.3) is 5.91 Å². The molecule has 0 unspecified atom stereocenters. The van der Waals surface area contributed by atoms with Crippen LogP contribution in [-0.2, 0) is 4.79 Å². The van der Waals surface area contributed by atoms with Crippen LogP contribution in [0.1, 0.15) is 38.7 Å². The van der Waals surface area contributed by atoms with Crippen LogP contribution in [0.4, 0.5) is 9.18 Å². The molecule has 3 amide bonds. The minimum atomic E-state index is -0.906. The zero-order valence-electron chi connectivity index (χ0n) is 14.8. The first-order valence-corrected chi connectivity index (χ1v) is 8.26. The molecule has 0 bridgehead atoms. The molecule has 0 spiro atoms. The average Bonchev–Trinajstić information content (AvgIpc) is 2.87. The van der Waals surface area contributed by atoms with Crippen molar-refractivity contribution in [2.24, 2.45) is 0 Å². The Morgan fingerprint density at radius 1 is 1.04 bits per heavy atom. The van der Waals surface area contributed by atoms with E-state index in [1.807, 2.05) is 26.8 Å². The lowest BCUT2D eigenvalue weighted by molar-refractivity contribution is -0.127. The molecule has 1 heterocycles. The summed E-state index contributed by atoms with van der Waals surface area (Å²) >= 11 is 0. The topological polar surface area (TPSA) is 66.5 Å². The van der Waals surface area contributed by atoms with Gasteiger partial charge in [-0.1, -0.05) is 18.2 Å². The molecule has 0 aromatic heterocycles. The Bertz CT molecular complexity index is 906. The molecule has 0 aliphatic carbocycles. The largest absolute Gasteiger partial charge is 0.325 e. The van der Waals surface area contributed by atoms with E-state index in [-0.39, 0.29) is 12.3 Å². The molecular formula is C20H19FN2O3. The van der Waals surface area contributed by atoms with Crippen LogP contribution >= 0.6 is 0 Å². The monoisotopic (exact) mass is 354 g/mol. The van der Waals surface area contributed by atoms with Crippen LogP contribution in [0.25, 0.3) is 0 Å². The van der Waals surface area contributed by atoms with Gasteiger partial charge in [-0.25, -0.2) is 9.18 Å². The summed E-state index contributed by atoms with van der Waals surface area (Å²) < 4.78 is 13.1. The van der Waals surface area contributed by atoms with Gasteiger partial charge in [0.1, 0.15) is 11.9 Å². The number of carbonyl (C=O) groups is 3. The molecule has 134 valence electrons. The molecule has 1 aliphatic heterocycles. The van der Waals surface area contributed by atoms with E-state index in [0.717, 1.165) is 21.6 Å². The second kappa shape index (κ2) is 6.71. The number of amides is 3. The number of hydrogen-bond acceptors (Lipinski definition) is 3. The van der Waals surface area contributed by atoms with E-state index in [1.54, 1.807) is 6.07 Å². The summed E-state index contributed by atoms with van der Waals surface area (Å²) in [6.07, 6.45) is 0. The van der Waals surface area contributed by atoms with Crippen molar-refractivity contribution in [3.63, 3.8) is 0 Å². The third-order valence-electron chi connectivity index (χ3n) is 4.67. The molecule has 1 fully saturated rings. The zero-order valence-corrected chi connectivity index (χ0v) is 14.8. The van der Waals surface area contributed by atoms with Gasteiger partial charge in [-0.2, -0.15) is 0 Å². The van der Waals surface area contributed by atoms with E-state index in [2.05, 4.69) is 5.32 Å². The highest BCUT2D eigenvalue weighted by Gasteiger charge is 2.40. The number of hydrogen-bond donors (Lipinski definition) is 1. The summed E-state index contributed by atoms with van der Waals surface area (Å²) in [5.74, 6) is -1.24. The standard InChI is InChI=1S/C20H19FN2O3/c1-11-8-13(3)16(9-12(11)2)17(24)10-23-19(25)18(22-20(23)26)14-4-6-15(21)7-5-14/h4-9,18H,10H2,1-3H3,(H,22,26)/t18-/m1/s1. The normalized spacial score (nSPS) is 16.8. The smallest absolute Gasteiger partial charge is 0.322 e. The molecule has 2 aromatic carbocycles. The Balaban J connectivity index is 1.81. The maximum absolute atomic E-state index is 13.1. The Kier molecular flexibility index (Phi) is 4.59. The van der Waals surface area contributed by atoms with Crippen molar-refractivity contribution in [3.05, 3.63) is 70.0 Å². The second-order valence-electron chi connectivity index (χ2n) is 6.53. The Hall–Kier alpha value is -3.02. The fourth-order valence-electron chi connectivity index (χ4n) is 3.04. The van der Waals surface area contributed by atoms with E-state index in [1.165, 1.54) is 24.3 Å². The summed E-state index contributed by atoms with van der Waals surface area (Å²) in [4.78, 5) is 38.3. The molecule has 5 nitrogen and oxygen atoms in total. The maximum atomic E-state index is 13.1. The quantitative estimate of drug-likeness (QED) is 0.677. The Morgan fingerprint density at radius 3 is 2.31 bits per heavy atom. The number of nitrogens with one attached hydrogen (secondary N) is 1. The maximum Gasteiger partial charge on any atom is 0.325 e. The molecule has 3 rings (SSSR count). The number of rotatable bonds is 4. The van der Waals surface area contributed by atoms with E-state index < -0.39 is 23.8 Å². The molecule has 6 heteroatoms. The summed E-state index contributed by atoms with van der Waals surface area (Å²) in [5, 5.41) is 2.54. The van der Waals surface area contributed by atoms with Crippen LogP contribution in [0.5, 0.6) is 0 Å². The van der Waals surface area contributed by atoms with Crippen molar-refractivity contribution in [3.8, 4) is 0 Å². The highest BCUT2D eigenvalue weighted by atomic mass is 19.1. The SMILES string of the molecule is Cc1cc(C)c(C(=O)CN2C(=O)N[C@H](c3ccc(F)cc3)C2=O)cc1C. The van der Waals surface area contributed by atoms with Crippen LogP contribution in [0.15, 0.2) is 36.4 Å². The third kappa shape index (κ3) is 3.22. The highest BCUT2D eigenvalue weighted by molar-refractivity contribution is 6.09. The van der Waals surface area contributed by atoms with Crippen molar-refractivity contribution in [2.75, 3.05) is 6.54 Å². The number of imide groups is 1.